The van der Waals surface area contributed by atoms with Gasteiger partial charge in [-0.1, -0.05) is 107 Å². The van der Waals surface area contributed by atoms with Gasteiger partial charge in [0.15, 0.2) is 0 Å². The molecule has 0 saturated carbocycles. The largest absolute Gasteiger partial charge is 0.0561 e. The first-order valence-electron chi connectivity index (χ1n) is 16.6. The summed E-state index contributed by atoms with van der Waals surface area (Å²) in [6.07, 6.45) is 0. The van der Waals surface area contributed by atoms with Crippen molar-refractivity contribution in [2.75, 3.05) is 0 Å². The second kappa shape index (κ2) is 8.66. The molecule has 7 rings (SSSR count). The van der Waals surface area contributed by atoms with Crippen LogP contribution in [0, 0.1) is 13.8 Å². The van der Waals surface area contributed by atoms with E-state index in [0.29, 0.717) is 0 Å². The van der Waals surface area contributed by atoms with Crippen LogP contribution in [0.2, 0.25) is 0 Å². The van der Waals surface area contributed by atoms with Crippen LogP contribution in [0.25, 0.3) is 64.6 Å². The van der Waals surface area contributed by atoms with Gasteiger partial charge >= 0.3 is 0 Å². The molecule has 0 nitrogen and oxygen atoms in total. The minimum absolute atomic E-state index is 0.0501. The molecule has 0 unspecified atom stereocenters. The molecule has 0 radical (unpaired) electrons. The Morgan fingerprint density at radius 2 is 0.636 bits per heavy atom. The fraction of sp³-hybridized carbons (Fsp3) is 0.409. The zero-order valence-electron chi connectivity index (χ0n) is 29.6. The van der Waals surface area contributed by atoms with Crippen LogP contribution in [0.3, 0.4) is 0 Å². The zero-order chi connectivity index (χ0) is 32.0. The topological polar surface area (TPSA) is 0 Å². The van der Waals surface area contributed by atoms with Gasteiger partial charge in [-0.25, -0.2) is 0 Å². The molecule has 0 aliphatic rings. The first-order chi connectivity index (χ1) is 20.2. The molecule has 0 aliphatic carbocycles. The van der Waals surface area contributed by atoms with Crippen LogP contribution in [0.15, 0.2) is 48.5 Å². The maximum Gasteiger partial charge on any atom is -0.00135 e. The van der Waals surface area contributed by atoms with Crippen LogP contribution in [-0.2, 0) is 21.7 Å². The van der Waals surface area contributed by atoms with Gasteiger partial charge in [0.25, 0.3) is 0 Å². The van der Waals surface area contributed by atoms with Gasteiger partial charge in [-0.05, 0) is 158 Å². The van der Waals surface area contributed by atoms with E-state index in [1.54, 1.807) is 0 Å². The van der Waals surface area contributed by atoms with Crippen molar-refractivity contribution in [3.05, 3.63) is 81.9 Å². The summed E-state index contributed by atoms with van der Waals surface area (Å²) in [4.78, 5) is 0. The summed E-state index contributed by atoms with van der Waals surface area (Å²) in [5, 5.41) is 17.1. The Balaban J connectivity index is 1.82. The van der Waals surface area contributed by atoms with Crippen molar-refractivity contribution in [3.8, 4) is 0 Å². The Bertz CT molecular complexity index is 2130. The van der Waals surface area contributed by atoms with Gasteiger partial charge in [-0.15, -0.1) is 0 Å². The van der Waals surface area contributed by atoms with Crippen LogP contribution >= 0.6 is 0 Å². The SMILES string of the molecule is Cc1c(C(C)(C)C)cc2c3c1cc(C(C)(C)C)cc3c1ccc3c4cc(C(C)(C)C)cc5c(C)c(C(C)(C)C)cc(c54)c3c12. The van der Waals surface area contributed by atoms with E-state index in [1.807, 2.05) is 0 Å². The maximum absolute atomic E-state index is 2.56. The average molecular weight is 579 g/mol. The summed E-state index contributed by atoms with van der Waals surface area (Å²) in [5.41, 5.74) is 8.84. The highest BCUT2D eigenvalue weighted by Crippen LogP contribution is 2.52. The van der Waals surface area contributed by atoms with Crippen molar-refractivity contribution < 1.29 is 0 Å². The van der Waals surface area contributed by atoms with E-state index in [1.165, 1.54) is 98.0 Å². The van der Waals surface area contributed by atoms with Crippen molar-refractivity contribution in [2.24, 2.45) is 0 Å². The third-order valence-corrected chi connectivity index (χ3v) is 10.7. The Hall–Kier alpha value is -3.38. The van der Waals surface area contributed by atoms with E-state index < -0.39 is 0 Å². The van der Waals surface area contributed by atoms with Gasteiger partial charge in [0.1, 0.15) is 0 Å². The minimum Gasteiger partial charge on any atom is -0.0561 e. The van der Waals surface area contributed by atoms with Crippen LogP contribution in [0.1, 0.15) is 116 Å². The molecule has 7 aromatic rings. The van der Waals surface area contributed by atoms with Crippen molar-refractivity contribution in [1.82, 2.24) is 0 Å². The minimum atomic E-state index is 0.0501. The van der Waals surface area contributed by atoms with E-state index in [2.05, 4.69) is 145 Å². The van der Waals surface area contributed by atoms with Gasteiger partial charge in [0.05, 0.1) is 0 Å². The molecule has 0 heterocycles. The van der Waals surface area contributed by atoms with E-state index in [4.69, 9.17) is 0 Å². The van der Waals surface area contributed by atoms with Crippen LogP contribution in [-0.4, -0.2) is 0 Å². The van der Waals surface area contributed by atoms with Crippen molar-refractivity contribution >= 4 is 64.6 Å². The standard InChI is InChI=1S/C44H50/c1-23-29-17-25(41(3,4)5)19-31-27-15-16-28-32-20-26(42(6,7)8)18-30-24(2)36(44(12,13)14)22-34(38(30)32)40(28)39(27)33(37(29)31)21-35(23)43(9,10)11/h15-22H,1-14H3. The summed E-state index contributed by atoms with van der Waals surface area (Å²) in [7, 11) is 0. The molecular weight excluding hydrogens is 528 g/mol. The lowest BCUT2D eigenvalue weighted by Gasteiger charge is -2.25. The average Bonchev–Trinajstić information content (AvgIpc) is 3.38. The fourth-order valence-electron chi connectivity index (χ4n) is 8.25. The predicted octanol–water partition coefficient (Wildman–Crippen LogP) is 13.3. The second-order valence-electron chi connectivity index (χ2n) is 18.0. The lowest BCUT2D eigenvalue weighted by Crippen LogP contribution is -2.14. The molecule has 226 valence electrons. The van der Waals surface area contributed by atoms with Gasteiger partial charge < -0.3 is 0 Å². The van der Waals surface area contributed by atoms with Crippen molar-refractivity contribution in [3.63, 3.8) is 0 Å². The van der Waals surface area contributed by atoms with E-state index in [0.717, 1.165) is 0 Å². The number of hydrogen-bond donors (Lipinski definition) is 0. The molecule has 0 aliphatic heterocycles. The molecule has 0 atom stereocenters. The van der Waals surface area contributed by atoms with Gasteiger partial charge in [0, 0.05) is 0 Å². The molecule has 0 N–H and O–H groups in total. The predicted molar refractivity (Wildman–Crippen MR) is 198 cm³/mol. The van der Waals surface area contributed by atoms with Gasteiger partial charge in [0.2, 0.25) is 0 Å². The molecule has 0 fully saturated rings. The quantitative estimate of drug-likeness (QED) is 0.168. The van der Waals surface area contributed by atoms with Crippen LogP contribution in [0.4, 0.5) is 0 Å². The van der Waals surface area contributed by atoms with E-state index >= 15 is 0 Å². The molecule has 44 heavy (non-hydrogen) atoms. The normalized spacial score (nSPS) is 14.1. The molecule has 0 spiro atoms. The van der Waals surface area contributed by atoms with Crippen molar-refractivity contribution in [1.29, 1.82) is 0 Å². The van der Waals surface area contributed by atoms with Gasteiger partial charge in [-0.3, -0.25) is 0 Å². The third-order valence-electron chi connectivity index (χ3n) is 10.7. The van der Waals surface area contributed by atoms with E-state index in [9.17, 15) is 0 Å². The lowest BCUT2D eigenvalue weighted by atomic mass is 9.79. The molecule has 0 saturated heterocycles. The summed E-state index contributed by atoms with van der Waals surface area (Å²) < 4.78 is 0. The van der Waals surface area contributed by atoms with Crippen molar-refractivity contribution in [2.45, 2.75) is 119 Å². The number of benzene rings is 5. The van der Waals surface area contributed by atoms with E-state index in [-0.39, 0.29) is 21.7 Å². The monoisotopic (exact) mass is 578 g/mol. The Morgan fingerprint density at radius 1 is 0.318 bits per heavy atom. The lowest BCUT2D eigenvalue weighted by molar-refractivity contribution is 0.586. The number of fused-ring (bicyclic) bond motifs is 7. The molecule has 0 bridgehead atoms. The Labute approximate surface area is 264 Å². The highest BCUT2D eigenvalue weighted by molar-refractivity contribution is 6.44. The highest BCUT2D eigenvalue weighted by atomic mass is 14.3. The smallest absolute Gasteiger partial charge is 0.00135 e. The number of rotatable bonds is 0. The molecule has 7 aromatic carbocycles. The number of hydrogen-bond acceptors (Lipinski definition) is 0. The molecular formula is C44H50. The Kier molecular flexibility index (Phi) is 5.77. The summed E-state index contributed by atoms with van der Waals surface area (Å²) in [6.45, 7) is 33.0. The second-order valence-corrected chi connectivity index (χ2v) is 18.0. The van der Waals surface area contributed by atoms with Crippen LogP contribution in [0.5, 0.6) is 0 Å². The van der Waals surface area contributed by atoms with Crippen LogP contribution < -0.4 is 0 Å². The first-order valence-corrected chi connectivity index (χ1v) is 16.6. The zero-order valence-corrected chi connectivity index (χ0v) is 29.6. The first kappa shape index (κ1) is 29.3. The molecule has 0 amide bonds. The van der Waals surface area contributed by atoms with Gasteiger partial charge in [-0.2, -0.15) is 0 Å². The molecule has 0 heteroatoms. The highest BCUT2D eigenvalue weighted by Gasteiger charge is 2.29. The third kappa shape index (κ3) is 3.95. The number of aryl methyl sites for hydroxylation is 2. The molecule has 0 aromatic heterocycles. The fourth-order valence-corrected chi connectivity index (χ4v) is 8.25. The Morgan fingerprint density at radius 3 is 0.932 bits per heavy atom. The summed E-state index contributed by atoms with van der Waals surface area (Å²) in [6, 6.07) is 20.0. The maximum atomic E-state index is 2.56. The summed E-state index contributed by atoms with van der Waals surface area (Å²) in [5.74, 6) is 0. The summed E-state index contributed by atoms with van der Waals surface area (Å²) >= 11 is 0.